The van der Waals surface area contributed by atoms with Gasteiger partial charge < -0.3 is 14.3 Å². The number of benzene rings is 2. The fourth-order valence-electron chi connectivity index (χ4n) is 5.25. The lowest BCUT2D eigenvalue weighted by molar-refractivity contribution is -0.134. The Morgan fingerprint density at radius 3 is 2.91 bits per heavy atom. The Morgan fingerprint density at radius 1 is 1.21 bits per heavy atom. The van der Waals surface area contributed by atoms with Gasteiger partial charge in [0.2, 0.25) is 0 Å². The van der Waals surface area contributed by atoms with Gasteiger partial charge in [0, 0.05) is 61.2 Å². The highest BCUT2D eigenvalue weighted by molar-refractivity contribution is 5.87. The number of carbonyl (C=O) groups excluding carboxylic acids is 1. The van der Waals surface area contributed by atoms with Crippen LogP contribution in [0.15, 0.2) is 73.1 Å². The van der Waals surface area contributed by atoms with E-state index in [9.17, 15) is 4.79 Å². The second kappa shape index (κ2) is 9.74. The molecule has 0 radical (unpaired) electrons. The molecule has 2 aromatic heterocycles. The van der Waals surface area contributed by atoms with Crippen LogP contribution in [0.25, 0.3) is 17.0 Å². The van der Waals surface area contributed by atoms with Crippen LogP contribution in [0, 0.1) is 0 Å². The largest absolute Gasteiger partial charge is 0.466 e. The Morgan fingerprint density at radius 2 is 2.09 bits per heavy atom. The van der Waals surface area contributed by atoms with Crippen LogP contribution in [-0.4, -0.2) is 34.1 Å². The summed E-state index contributed by atoms with van der Waals surface area (Å²) in [6, 6.07) is 19.8. The molecule has 5 nitrogen and oxygen atoms in total. The van der Waals surface area contributed by atoms with Crippen molar-refractivity contribution in [2.24, 2.45) is 7.05 Å². The summed E-state index contributed by atoms with van der Waals surface area (Å²) in [6.07, 6.45) is 10.8. The van der Waals surface area contributed by atoms with Crippen molar-refractivity contribution in [3.8, 4) is 0 Å². The predicted molar refractivity (Wildman–Crippen MR) is 136 cm³/mol. The summed E-state index contributed by atoms with van der Waals surface area (Å²) in [5, 5.41) is 1.35. The molecule has 2 aromatic carbocycles. The van der Waals surface area contributed by atoms with E-state index < -0.39 is 0 Å². The fraction of sp³-hybridized carbons (Fsp3) is 0.276. The molecule has 174 valence electrons. The third-order valence-corrected chi connectivity index (χ3v) is 6.95. The molecule has 1 atom stereocenters. The van der Waals surface area contributed by atoms with E-state index in [-0.39, 0.29) is 5.97 Å². The lowest BCUT2D eigenvalue weighted by Gasteiger charge is -2.29. The highest BCUT2D eigenvalue weighted by Crippen LogP contribution is 2.37. The highest BCUT2D eigenvalue weighted by atomic mass is 16.5. The number of aryl methyl sites for hydroxylation is 2. The summed E-state index contributed by atoms with van der Waals surface area (Å²) in [5.41, 5.74) is 7.74. The van der Waals surface area contributed by atoms with E-state index >= 15 is 0 Å². The van der Waals surface area contributed by atoms with Gasteiger partial charge in [-0.15, -0.1) is 0 Å². The molecule has 0 bridgehead atoms. The Labute approximate surface area is 200 Å². The minimum atomic E-state index is -0.330. The lowest BCUT2D eigenvalue weighted by atomic mass is 10.0. The summed E-state index contributed by atoms with van der Waals surface area (Å²) in [7, 11) is 3.53. The average molecular weight is 454 g/mol. The van der Waals surface area contributed by atoms with Crippen molar-refractivity contribution < 1.29 is 9.53 Å². The van der Waals surface area contributed by atoms with Crippen molar-refractivity contribution in [1.82, 2.24) is 14.5 Å². The summed E-state index contributed by atoms with van der Waals surface area (Å²) in [5.74, 6) is -0.330. The number of aromatic amines is 1. The summed E-state index contributed by atoms with van der Waals surface area (Å²) in [6.45, 7) is 1.88. The number of aromatic nitrogens is 2. The highest BCUT2D eigenvalue weighted by Gasteiger charge is 2.28. The van der Waals surface area contributed by atoms with Gasteiger partial charge in [0.05, 0.1) is 7.11 Å². The van der Waals surface area contributed by atoms with Crippen LogP contribution in [0.4, 0.5) is 0 Å². The number of ether oxygens (including phenoxy) is 1. The molecule has 1 N–H and O–H groups in total. The number of methoxy groups -OCH3 is 1. The number of esters is 1. The molecular formula is C29H31N3O2. The Bertz CT molecular complexity index is 1320. The van der Waals surface area contributed by atoms with Crippen LogP contribution in [0.2, 0.25) is 0 Å². The van der Waals surface area contributed by atoms with Crippen LogP contribution in [0.5, 0.6) is 0 Å². The molecule has 0 amide bonds. The van der Waals surface area contributed by atoms with Crippen molar-refractivity contribution in [1.29, 1.82) is 0 Å². The SMILES string of the molecule is COC(=O)/C=C/c1ccc2c(c1)CCC2N(CCc1cn(C)c2ccccc12)Cc1ccc[nH]1. The molecular weight excluding hydrogens is 422 g/mol. The van der Waals surface area contributed by atoms with E-state index in [1.165, 1.54) is 46.5 Å². The molecule has 0 saturated carbocycles. The third-order valence-electron chi connectivity index (χ3n) is 6.95. The number of nitrogens with zero attached hydrogens (tertiary/aromatic N) is 2. The average Bonchev–Trinajstić information content (AvgIpc) is 3.60. The van der Waals surface area contributed by atoms with Crippen molar-refractivity contribution in [3.63, 3.8) is 0 Å². The van der Waals surface area contributed by atoms with Crippen LogP contribution in [0.3, 0.4) is 0 Å². The van der Waals surface area contributed by atoms with Crippen molar-refractivity contribution in [3.05, 3.63) is 101 Å². The first-order valence-electron chi connectivity index (χ1n) is 11.9. The maximum Gasteiger partial charge on any atom is 0.330 e. The first-order valence-corrected chi connectivity index (χ1v) is 11.9. The smallest absolute Gasteiger partial charge is 0.330 e. The number of nitrogens with one attached hydrogen (secondary N) is 1. The molecule has 0 fully saturated rings. The molecule has 5 rings (SSSR count). The molecule has 0 saturated heterocycles. The van der Waals surface area contributed by atoms with Crippen molar-refractivity contribution >= 4 is 22.9 Å². The Kier molecular flexibility index (Phi) is 6.37. The molecule has 0 aliphatic heterocycles. The van der Waals surface area contributed by atoms with E-state index in [0.717, 1.165) is 37.9 Å². The minimum absolute atomic E-state index is 0.330. The van der Waals surface area contributed by atoms with Crippen LogP contribution in [0.1, 0.15) is 40.4 Å². The number of fused-ring (bicyclic) bond motifs is 2. The zero-order chi connectivity index (χ0) is 23.5. The molecule has 4 aromatic rings. The molecule has 0 spiro atoms. The molecule has 34 heavy (non-hydrogen) atoms. The number of hydrogen-bond donors (Lipinski definition) is 1. The van der Waals surface area contributed by atoms with E-state index in [4.69, 9.17) is 4.74 Å². The van der Waals surface area contributed by atoms with Crippen LogP contribution < -0.4 is 0 Å². The van der Waals surface area contributed by atoms with Gasteiger partial charge in [0.15, 0.2) is 0 Å². The first kappa shape index (κ1) is 22.2. The fourth-order valence-corrected chi connectivity index (χ4v) is 5.25. The van der Waals surface area contributed by atoms with Gasteiger partial charge in [-0.1, -0.05) is 36.4 Å². The summed E-state index contributed by atoms with van der Waals surface area (Å²) >= 11 is 0. The second-order valence-corrected chi connectivity index (χ2v) is 9.07. The second-order valence-electron chi connectivity index (χ2n) is 9.07. The van der Waals surface area contributed by atoms with Gasteiger partial charge in [-0.05, 0) is 65.8 Å². The van der Waals surface area contributed by atoms with Crippen molar-refractivity contribution in [2.75, 3.05) is 13.7 Å². The number of rotatable bonds is 8. The number of para-hydroxylation sites is 1. The number of hydrogen-bond acceptors (Lipinski definition) is 3. The van der Waals surface area contributed by atoms with Crippen molar-refractivity contribution in [2.45, 2.75) is 31.8 Å². The molecule has 1 unspecified atom stereocenters. The zero-order valence-electron chi connectivity index (χ0n) is 19.8. The maximum atomic E-state index is 11.5. The van der Waals surface area contributed by atoms with Gasteiger partial charge in [-0.3, -0.25) is 4.90 Å². The lowest BCUT2D eigenvalue weighted by Crippen LogP contribution is -2.29. The zero-order valence-corrected chi connectivity index (χ0v) is 19.8. The quantitative estimate of drug-likeness (QED) is 0.286. The topological polar surface area (TPSA) is 50.3 Å². The van der Waals surface area contributed by atoms with Gasteiger partial charge in [0.1, 0.15) is 0 Å². The van der Waals surface area contributed by atoms with Crippen LogP contribution in [-0.2, 0) is 36.0 Å². The Balaban J connectivity index is 1.39. The van der Waals surface area contributed by atoms with Gasteiger partial charge in [0.25, 0.3) is 0 Å². The number of H-pyrrole nitrogens is 1. The minimum Gasteiger partial charge on any atom is -0.466 e. The summed E-state index contributed by atoms with van der Waals surface area (Å²) < 4.78 is 6.95. The van der Waals surface area contributed by atoms with E-state index in [1.807, 2.05) is 12.3 Å². The monoisotopic (exact) mass is 453 g/mol. The molecule has 2 heterocycles. The number of carbonyl (C=O) groups is 1. The predicted octanol–water partition coefficient (Wildman–Crippen LogP) is 5.42. The maximum absolute atomic E-state index is 11.5. The molecule has 5 heteroatoms. The molecule has 1 aliphatic rings. The first-order chi connectivity index (χ1) is 16.6. The van der Waals surface area contributed by atoms with Gasteiger partial charge >= 0.3 is 5.97 Å². The third kappa shape index (κ3) is 4.57. The van der Waals surface area contributed by atoms with Gasteiger partial charge in [-0.25, -0.2) is 4.79 Å². The normalized spacial score (nSPS) is 15.4. The van der Waals surface area contributed by atoms with Crippen LogP contribution >= 0.6 is 0 Å². The summed E-state index contributed by atoms with van der Waals surface area (Å²) in [4.78, 5) is 17.5. The van der Waals surface area contributed by atoms with E-state index in [2.05, 4.69) is 82.3 Å². The Hall–Kier alpha value is -3.57. The molecule has 1 aliphatic carbocycles. The van der Waals surface area contributed by atoms with E-state index in [1.54, 1.807) is 0 Å². The van der Waals surface area contributed by atoms with Gasteiger partial charge in [-0.2, -0.15) is 0 Å². The standard InChI is InChI=1S/C29H31N3O2/c1-31-19-23(25-7-3-4-8-27(25)31)15-17-32(20-24-6-5-16-30-24)28-13-11-22-18-21(9-12-26(22)28)10-14-29(33)34-2/h3-10,12,14,16,18-19,28,30H,11,13,15,17,20H2,1-2H3/b14-10+. The van der Waals surface area contributed by atoms with E-state index in [0.29, 0.717) is 6.04 Å².